The smallest absolute Gasteiger partial charge is 0.191 e. The van der Waals surface area contributed by atoms with Gasteiger partial charge in [-0.05, 0) is 47.0 Å². The minimum absolute atomic E-state index is 0.0424. The van der Waals surface area contributed by atoms with Crippen LogP contribution in [0.4, 0.5) is 8.78 Å². The molecule has 1 aromatic heterocycles. The first kappa shape index (κ1) is 22.2. The maximum Gasteiger partial charge on any atom is 0.191 e. The van der Waals surface area contributed by atoms with E-state index in [4.69, 9.17) is 0 Å². The topological polar surface area (TPSA) is 52.6 Å². The van der Waals surface area contributed by atoms with E-state index in [0.717, 1.165) is 17.1 Å². The molecule has 2 aromatic rings. The number of hydrogen-bond donors (Lipinski definition) is 2. The summed E-state index contributed by atoms with van der Waals surface area (Å²) in [6.45, 7) is 7.66. The number of halogens is 2. The predicted octanol–water partition coefficient (Wildman–Crippen LogP) is 3.44. The third-order valence-corrected chi connectivity index (χ3v) is 5.56. The summed E-state index contributed by atoms with van der Waals surface area (Å²) < 4.78 is 28.4. The highest BCUT2D eigenvalue weighted by atomic mass is 32.1. The average molecular weight is 410 g/mol. The van der Waals surface area contributed by atoms with Gasteiger partial charge in [0.15, 0.2) is 5.96 Å². The first-order chi connectivity index (χ1) is 13.3. The fraction of sp³-hybridized carbons (Fsp3) is 0.500. The van der Waals surface area contributed by atoms with Gasteiger partial charge in [-0.15, -0.1) is 11.3 Å². The van der Waals surface area contributed by atoms with E-state index in [1.54, 1.807) is 30.3 Å². The quantitative estimate of drug-likeness (QED) is 0.518. The molecule has 0 amide bonds. The van der Waals surface area contributed by atoms with Crippen LogP contribution in [-0.4, -0.2) is 49.6 Å². The Morgan fingerprint density at radius 3 is 2.43 bits per heavy atom. The molecule has 1 unspecified atom stereocenters. The van der Waals surface area contributed by atoms with Crippen LogP contribution in [0.25, 0.3) is 0 Å². The van der Waals surface area contributed by atoms with E-state index in [1.807, 2.05) is 13.8 Å². The van der Waals surface area contributed by atoms with Gasteiger partial charge in [0, 0.05) is 30.0 Å². The number of aromatic nitrogens is 1. The summed E-state index contributed by atoms with van der Waals surface area (Å²) >= 11 is 1.70. The van der Waals surface area contributed by atoms with Crippen LogP contribution in [0.15, 0.2) is 23.2 Å². The average Bonchev–Trinajstić information content (AvgIpc) is 2.94. The van der Waals surface area contributed by atoms with E-state index >= 15 is 0 Å². The van der Waals surface area contributed by atoms with Gasteiger partial charge in [0.2, 0.25) is 0 Å². The highest BCUT2D eigenvalue weighted by molar-refractivity contribution is 7.11. The van der Waals surface area contributed by atoms with E-state index in [-0.39, 0.29) is 12.1 Å². The normalized spacial score (nSPS) is 13.1. The van der Waals surface area contributed by atoms with Crippen LogP contribution in [0.2, 0.25) is 0 Å². The Morgan fingerprint density at radius 1 is 1.21 bits per heavy atom. The fourth-order valence-corrected chi connectivity index (χ4v) is 3.73. The summed E-state index contributed by atoms with van der Waals surface area (Å²) in [4.78, 5) is 12.1. The van der Waals surface area contributed by atoms with Crippen LogP contribution in [0, 0.1) is 25.5 Å². The number of nitrogens with zero attached hydrogens (tertiary/aromatic N) is 3. The highest BCUT2D eigenvalue weighted by Gasteiger charge is 2.22. The molecule has 1 heterocycles. The van der Waals surface area contributed by atoms with Gasteiger partial charge in [-0.3, -0.25) is 4.99 Å². The number of rotatable bonds is 8. The Kier molecular flexibility index (Phi) is 8.32. The van der Waals surface area contributed by atoms with Crippen LogP contribution in [0.5, 0.6) is 0 Å². The molecule has 0 spiro atoms. The number of thiazole rings is 1. The number of likely N-dealkylation sites (N-methyl/N-ethyl adjacent to an activating group) is 1. The monoisotopic (exact) mass is 409 g/mol. The minimum atomic E-state index is -0.554. The molecule has 1 aromatic carbocycles. The lowest BCUT2D eigenvalue weighted by molar-refractivity contribution is 0.290. The number of guanidine groups is 1. The molecule has 2 rings (SSSR count). The molecule has 5 nitrogen and oxygen atoms in total. The molecule has 2 N–H and O–H groups in total. The molecule has 0 saturated heterocycles. The molecule has 8 heteroatoms. The van der Waals surface area contributed by atoms with Gasteiger partial charge < -0.3 is 15.5 Å². The standard InChI is InChI=1S/C20H29F2N5S/c1-6-23-20(24-11-10-18-26-13(2)14(3)28-18)25-12-17(27(4)5)19-15(21)8-7-9-16(19)22/h7-9,17H,6,10-12H2,1-5H3,(H2,23,24,25). The van der Waals surface area contributed by atoms with Crippen molar-refractivity contribution in [3.63, 3.8) is 0 Å². The lowest BCUT2D eigenvalue weighted by Gasteiger charge is -2.24. The van der Waals surface area contributed by atoms with Crippen LogP contribution in [0.3, 0.4) is 0 Å². The van der Waals surface area contributed by atoms with Gasteiger partial charge in [0.05, 0.1) is 23.3 Å². The van der Waals surface area contributed by atoms with Crippen LogP contribution >= 0.6 is 11.3 Å². The Hall–Kier alpha value is -2.06. The van der Waals surface area contributed by atoms with Crippen molar-refractivity contribution in [1.29, 1.82) is 0 Å². The van der Waals surface area contributed by atoms with Crippen molar-refractivity contribution >= 4 is 17.3 Å². The molecule has 0 aliphatic heterocycles. The van der Waals surface area contributed by atoms with Gasteiger partial charge in [-0.25, -0.2) is 13.8 Å². The molecule has 28 heavy (non-hydrogen) atoms. The number of aryl methyl sites for hydroxylation is 2. The predicted molar refractivity (Wildman–Crippen MR) is 112 cm³/mol. The molecular formula is C20H29F2N5S. The van der Waals surface area contributed by atoms with Crippen LogP contribution in [-0.2, 0) is 6.42 Å². The molecule has 0 radical (unpaired) electrons. The van der Waals surface area contributed by atoms with Crippen molar-refractivity contribution in [2.24, 2.45) is 4.99 Å². The van der Waals surface area contributed by atoms with Crippen molar-refractivity contribution < 1.29 is 8.78 Å². The van der Waals surface area contributed by atoms with E-state index in [9.17, 15) is 8.78 Å². The van der Waals surface area contributed by atoms with Crippen molar-refractivity contribution in [2.45, 2.75) is 33.2 Å². The first-order valence-electron chi connectivity index (χ1n) is 9.38. The minimum Gasteiger partial charge on any atom is -0.357 e. The second-order valence-electron chi connectivity index (χ2n) is 6.76. The largest absolute Gasteiger partial charge is 0.357 e. The maximum absolute atomic E-state index is 14.2. The zero-order valence-corrected chi connectivity index (χ0v) is 18.0. The Labute approximate surface area is 169 Å². The second kappa shape index (κ2) is 10.5. The van der Waals surface area contributed by atoms with Gasteiger partial charge in [0.1, 0.15) is 11.6 Å². The third kappa shape index (κ3) is 5.97. The number of aliphatic imine (C=N–C) groups is 1. The van der Waals surface area contributed by atoms with Crippen LogP contribution in [0.1, 0.15) is 34.1 Å². The Bertz CT molecular complexity index is 764. The van der Waals surface area contributed by atoms with E-state index < -0.39 is 17.7 Å². The summed E-state index contributed by atoms with van der Waals surface area (Å²) in [6, 6.07) is 3.43. The third-order valence-electron chi connectivity index (χ3n) is 4.43. The molecule has 0 bridgehead atoms. The van der Waals surface area contributed by atoms with Gasteiger partial charge >= 0.3 is 0 Å². The van der Waals surface area contributed by atoms with Crippen LogP contribution < -0.4 is 10.6 Å². The SMILES string of the molecule is CCNC(=NCC(c1c(F)cccc1F)N(C)C)NCCc1nc(C)c(C)s1. The molecule has 154 valence electrons. The van der Waals surface area contributed by atoms with Crippen molar-refractivity contribution in [3.8, 4) is 0 Å². The molecule has 0 aliphatic rings. The second-order valence-corrected chi connectivity index (χ2v) is 8.05. The molecule has 0 aliphatic carbocycles. The molecule has 1 atom stereocenters. The fourth-order valence-electron chi connectivity index (χ4n) is 2.80. The van der Waals surface area contributed by atoms with E-state index in [1.165, 1.54) is 23.1 Å². The Balaban J connectivity index is 2.06. The molecule has 0 saturated carbocycles. The number of benzene rings is 1. The van der Waals surface area contributed by atoms with E-state index in [0.29, 0.717) is 19.0 Å². The number of hydrogen-bond acceptors (Lipinski definition) is 4. The molecule has 0 fully saturated rings. The first-order valence-corrected chi connectivity index (χ1v) is 10.2. The number of nitrogens with one attached hydrogen (secondary N) is 2. The molecular weight excluding hydrogens is 380 g/mol. The van der Waals surface area contributed by atoms with Gasteiger partial charge in [-0.1, -0.05) is 6.07 Å². The van der Waals surface area contributed by atoms with Gasteiger partial charge in [0.25, 0.3) is 0 Å². The van der Waals surface area contributed by atoms with Gasteiger partial charge in [-0.2, -0.15) is 0 Å². The summed E-state index contributed by atoms with van der Waals surface area (Å²) in [7, 11) is 3.58. The lowest BCUT2D eigenvalue weighted by Crippen LogP contribution is -2.39. The zero-order chi connectivity index (χ0) is 20.7. The summed E-state index contributed by atoms with van der Waals surface area (Å²) in [6.07, 6.45) is 0.794. The van der Waals surface area contributed by atoms with Crippen molar-refractivity contribution in [3.05, 3.63) is 51.0 Å². The maximum atomic E-state index is 14.2. The Morgan fingerprint density at radius 2 is 1.89 bits per heavy atom. The summed E-state index contributed by atoms with van der Waals surface area (Å²) in [5, 5.41) is 7.53. The highest BCUT2D eigenvalue weighted by Crippen LogP contribution is 2.24. The lowest BCUT2D eigenvalue weighted by atomic mass is 10.0. The summed E-state index contributed by atoms with van der Waals surface area (Å²) in [5.74, 6) is -0.487. The van der Waals surface area contributed by atoms with Crippen molar-refractivity contribution in [1.82, 2.24) is 20.5 Å². The summed E-state index contributed by atoms with van der Waals surface area (Å²) in [5.41, 5.74) is 1.11. The zero-order valence-electron chi connectivity index (χ0n) is 17.1. The van der Waals surface area contributed by atoms with E-state index in [2.05, 4.69) is 27.5 Å². The van der Waals surface area contributed by atoms with Crippen molar-refractivity contribution in [2.75, 3.05) is 33.7 Å².